The van der Waals surface area contributed by atoms with Gasteiger partial charge in [-0.25, -0.2) is 9.18 Å². The van der Waals surface area contributed by atoms with Crippen LogP contribution in [0, 0.1) is 5.82 Å². The zero-order chi connectivity index (χ0) is 28.1. The summed E-state index contributed by atoms with van der Waals surface area (Å²) in [4.78, 5) is 33.8. The third kappa shape index (κ3) is 5.12. The van der Waals surface area contributed by atoms with Crippen LogP contribution in [0.5, 0.6) is 0 Å². The zero-order valence-corrected chi connectivity index (χ0v) is 22.5. The molecule has 3 heterocycles. The van der Waals surface area contributed by atoms with Crippen molar-refractivity contribution in [1.29, 1.82) is 0 Å². The number of thiol groups is 1. The van der Waals surface area contributed by atoms with Crippen LogP contribution in [0.25, 0.3) is 10.9 Å². The maximum absolute atomic E-state index is 14.2. The van der Waals surface area contributed by atoms with Crippen molar-refractivity contribution in [2.24, 2.45) is 0 Å². The Hall–Kier alpha value is -3.09. The molecule has 5 rings (SSSR count). The summed E-state index contributed by atoms with van der Waals surface area (Å²) in [6.45, 7) is 4.74. The van der Waals surface area contributed by atoms with Gasteiger partial charge in [-0.3, -0.25) is 9.36 Å². The fraction of sp³-hybridized carbons (Fsp3) is 0.346. The lowest BCUT2D eigenvalue weighted by molar-refractivity contribution is -0.137. The van der Waals surface area contributed by atoms with Gasteiger partial charge < -0.3 is 14.5 Å². The summed E-state index contributed by atoms with van der Waals surface area (Å²) in [5.74, 6) is -0.458. The number of halogens is 5. The van der Waals surface area contributed by atoms with Gasteiger partial charge >= 0.3 is 11.9 Å². The van der Waals surface area contributed by atoms with Crippen molar-refractivity contribution < 1.29 is 27.1 Å². The van der Waals surface area contributed by atoms with Gasteiger partial charge in [0.1, 0.15) is 11.6 Å². The van der Waals surface area contributed by atoms with Crippen LogP contribution in [0.4, 0.5) is 23.4 Å². The molecule has 7 nitrogen and oxygen atoms in total. The van der Waals surface area contributed by atoms with Crippen LogP contribution in [0.3, 0.4) is 0 Å². The third-order valence-corrected chi connectivity index (χ3v) is 9.92. The average Bonchev–Trinajstić information content (AvgIpc) is 3.09. The fourth-order valence-corrected chi connectivity index (χ4v) is 7.98. The van der Waals surface area contributed by atoms with E-state index in [1.165, 1.54) is 36.0 Å². The molecule has 1 unspecified atom stereocenters. The minimum atomic E-state index is -4.67. The first-order chi connectivity index (χ1) is 18.5. The molecule has 1 fully saturated rings. The molecule has 2 aliphatic heterocycles. The van der Waals surface area contributed by atoms with Crippen LogP contribution < -0.4 is 10.6 Å². The molecule has 2 aromatic carbocycles. The van der Waals surface area contributed by atoms with E-state index in [0.29, 0.717) is 34.2 Å². The van der Waals surface area contributed by atoms with Crippen LogP contribution in [0.2, 0.25) is 5.02 Å². The van der Waals surface area contributed by atoms with Gasteiger partial charge in [0.25, 0.3) is 0 Å². The molecule has 1 aromatic heterocycles. The van der Waals surface area contributed by atoms with Gasteiger partial charge in [0.15, 0.2) is 0 Å². The Morgan fingerprint density at radius 2 is 1.92 bits per heavy atom. The topological polar surface area (TPSA) is 67.7 Å². The molecule has 0 aliphatic carbocycles. The first kappa shape index (κ1) is 27.5. The number of carbonyl (C=O) groups excluding carboxylic acids is 1. The van der Waals surface area contributed by atoms with E-state index in [1.807, 2.05) is 0 Å². The zero-order valence-electron chi connectivity index (χ0n) is 20.8. The van der Waals surface area contributed by atoms with E-state index in [9.17, 15) is 27.2 Å². The molecule has 0 spiro atoms. The molecule has 39 heavy (non-hydrogen) atoms. The molecule has 13 heteroatoms. The lowest BCUT2D eigenvalue weighted by Gasteiger charge is -2.35. The Labute approximate surface area is 229 Å². The Bertz CT molecular complexity index is 1520. The number of hydrogen-bond acceptors (Lipinski definition) is 5. The number of methoxy groups -OCH3 is 1. The molecule has 0 N–H and O–H groups in total. The number of hydrogen-bond donors (Lipinski definition) is 1. The minimum Gasteiger partial charge on any atom is -0.379 e. The molecule has 0 saturated carbocycles. The van der Waals surface area contributed by atoms with Crippen molar-refractivity contribution >= 4 is 45.1 Å². The summed E-state index contributed by atoms with van der Waals surface area (Å²) in [5, 5.41) is 0.0385. The molecule has 1 amide bonds. The van der Waals surface area contributed by atoms with Gasteiger partial charge in [-0.1, -0.05) is 18.2 Å². The second-order valence-electron chi connectivity index (χ2n) is 9.30. The van der Waals surface area contributed by atoms with Gasteiger partial charge in [-0.05, 0) is 41.3 Å². The number of ether oxygens (including phenoxy) is 1. The normalized spacial score (nSPS) is 20.7. The van der Waals surface area contributed by atoms with Gasteiger partial charge in [0, 0.05) is 49.3 Å². The summed E-state index contributed by atoms with van der Waals surface area (Å²) >= 11 is 6.07. The Kier molecular flexibility index (Phi) is 7.38. The Morgan fingerprint density at radius 1 is 1.21 bits per heavy atom. The van der Waals surface area contributed by atoms with E-state index in [1.54, 1.807) is 9.80 Å². The monoisotopic (exact) mass is 584 g/mol. The second-order valence-corrected chi connectivity index (χ2v) is 11.9. The van der Waals surface area contributed by atoms with Crippen LogP contribution in [-0.2, 0) is 22.3 Å². The number of rotatable bonds is 4. The largest absolute Gasteiger partial charge is 0.416 e. The summed E-state index contributed by atoms with van der Waals surface area (Å²) in [6.07, 6.45) is -3.98. The summed E-state index contributed by atoms with van der Waals surface area (Å²) in [5.41, 5.74) is -1.15. The summed E-state index contributed by atoms with van der Waals surface area (Å²) < 4.78 is 63.7. The SMILES string of the molecule is C=CC(=O)N1CCN(c2nc(=O)n3c4c(cc(C(F)(F)F)cc24)[SH](c2ccc(F)c(Cl)c2)C[C@@H](OC)C3)CC1. The number of aromatic nitrogens is 2. The quantitative estimate of drug-likeness (QED) is 0.278. The van der Waals surface area contributed by atoms with Crippen LogP contribution in [-0.4, -0.2) is 65.5 Å². The highest BCUT2D eigenvalue weighted by Crippen LogP contribution is 2.52. The van der Waals surface area contributed by atoms with Crippen molar-refractivity contribution in [3.63, 3.8) is 0 Å². The van der Waals surface area contributed by atoms with Gasteiger partial charge in [-0.15, -0.1) is 0 Å². The Balaban J connectivity index is 1.76. The van der Waals surface area contributed by atoms with Crippen LogP contribution in [0.1, 0.15) is 5.56 Å². The number of piperazine rings is 1. The van der Waals surface area contributed by atoms with E-state index in [2.05, 4.69) is 11.6 Å². The number of alkyl halides is 3. The van der Waals surface area contributed by atoms with Crippen molar-refractivity contribution in [2.75, 3.05) is 43.9 Å². The lowest BCUT2D eigenvalue weighted by atomic mass is 10.1. The maximum Gasteiger partial charge on any atom is 0.416 e. The average molecular weight is 585 g/mol. The highest BCUT2D eigenvalue weighted by molar-refractivity contribution is 8.17. The molecule has 0 bridgehead atoms. The minimum absolute atomic E-state index is 0.0901. The first-order valence-electron chi connectivity index (χ1n) is 12.1. The molecule has 208 valence electrons. The summed E-state index contributed by atoms with van der Waals surface area (Å²) in [7, 11) is -0.0690. The number of anilines is 1. The number of amides is 1. The van der Waals surface area contributed by atoms with E-state index in [-0.39, 0.29) is 41.8 Å². The lowest BCUT2D eigenvalue weighted by Crippen LogP contribution is -2.49. The molecule has 0 radical (unpaired) electrons. The maximum atomic E-state index is 14.2. The third-order valence-electron chi connectivity index (χ3n) is 7.04. The van der Waals surface area contributed by atoms with Crippen molar-refractivity contribution in [2.45, 2.75) is 28.6 Å². The summed E-state index contributed by atoms with van der Waals surface area (Å²) in [6, 6.07) is 6.22. The second kappa shape index (κ2) is 10.5. The molecular weight excluding hydrogens is 560 g/mol. The van der Waals surface area contributed by atoms with Crippen LogP contribution in [0.15, 0.2) is 57.6 Å². The van der Waals surface area contributed by atoms with E-state index < -0.39 is 40.2 Å². The molecular formula is C26H25ClF4N4O3S. The van der Waals surface area contributed by atoms with E-state index >= 15 is 0 Å². The predicted molar refractivity (Wildman–Crippen MR) is 143 cm³/mol. The van der Waals surface area contributed by atoms with E-state index in [0.717, 1.165) is 12.1 Å². The van der Waals surface area contributed by atoms with Gasteiger partial charge in [0.05, 0.1) is 28.8 Å². The predicted octanol–water partition coefficient (Wildman–Crippen LogP) is 4.49. The molecule has 2 aliphatic rings. The fourth-order valence-electron chi connectivity index (χ4n) is 5.04. The first-order valence-corrected chi connectivity index (χ1v) is 14.0. The molecule has 1 saturated heterocycles. The molecule has 2 atom stereocenters. The highest BCUT2D eigenvalue weighted by Gasteiger charge is 2.36. The van der Waals surface area contributed by atoms with E-state index in [4.69, 9.17) is 16.3 Å². The number of carbonyl (C=O) groups is 1. The molecule has 3 aromatic rings. The van der Waals surface area contributed by atoms with Crippen molar-refractivity contribution in [1.82, 2.24) is 14.5 Å². The van der Waals surface area contributed by atoms with Gasteiger partial charge in [-0.2, -0.15) is 29.1 Å². The number of benzene rings is 2. The standard InChI is InChI=1S/C26H25ClF4N4O3S/c1-3-22(36)33-6-8-34(9-7-33)24-18-10-15(26(29,30)31)11-21-23(18)35(25(37)32-24)13-16(38-2)14-39(21)17-4-5-20(28)19(27)12-17/h3-5,10-12,16,39H,1,6-9,13-14H2,2H3/t16-/m0/s1. The Morgan fingerprint density at radius 3 is 2.54 bits per heavy atom. The smallest absolute Gasteiger partial charge is 0.379 e. The number of nitrogens with zero attached hydrogens (tertiary/aromatic N) is 4. The van der Waals surface area contributed by atoms with Crippen LogP contribution >= 0.6 is 22.5 Å². The van der Waals surface area contributed by atoms with Crippen molar-refractivity contribution in [3.8, 4) is 0 Å². The van der Waals surface area contributed by atoms with Crippen molar-refractivity contribution in [3.05, 3.63) is 69.9 Å². The van der Waals surface area contributed by atoms with Gasteiger partial charge in [0.2, 0.25) is 5.91 Å². The highest BCUT2D eigenvalue weighted by atomic mass is 35.5.